The summed E-state index contributed by atoms with van der Waals surface area (Å²) in [5.41, 5.74) is 3.76. The predicted octanol–water partition coefficient (Wildman–Crippen LogP) is 3.98. The van der Waals surface area contributed by atoms with Crippen molar-refractivity contribution in [1.82, 2.24) is 4.72 Å². The number of rotatable bonds is 4. The molecule has 0 aromatic heterocycles. The monoisotopic (exact) mass is 379 g/mol. The van der Waals surface area contributed by atoms with Crippen LogP contribution in [0.2, 0.25) is 0 Å². The van der Waals surface area contributed by atoms with Gasteiger partial charge in [0.05, 0.1) is 4.90 Å². The van der Waals surface area contributed by atoms with E-state index in [-0.39, 0.29) is 10.9 Å². The van der Waals surface area contributed by atoms with E-state index in [0.717, 1.165) is 22.9 Å². The summed E-state index contributed by atoms with van der Waals surface area (Å²) in [4.78, 5) is 0.281. The molecule has 0 spiro atoms. The first kappa shape index (κ1) is 15.7. The molecule has 0 radical (unpaired) electrons. The number of hydrogen-bond acceptors (Lipinski definition) is 2. The molecular weight excluding hydrogens is 362 g/mol. The summed E-state index contributed by atoms with van der Waals surface area (Å²) < 4.78 is 28.5. The van der Waals surface area contributed by atoms with E-state index in [1.807, 2.05) is 13.0 Å². The van der Waals surface area contributed by atoms with Gasteiger partial charge in [-0.25, -0.2) is 13.1 Å². The molecule has 0 amide bonds. The summed E-state index contributed by atoms with van der Waals surface area (Å²) in [6, 6.07) is 12.7. The van der Waals surface area contributed by atoms with E-state index in [2.05, 4.69) is 32.8 Å². The third-order valence-corrected chi connectivity index (χ3v) is 6.16. The highest BCUT2D eigenvalue weighted by Gasteiger charge is 2.19. The van der Waals surface area contributed by atoms with Crippen LogP contribution in [-0.2, 0) is 22.9 Å². The summed E-state index contributed by atoms with van der Waals surface area (Å²) in [5, 5.41) is 0. The van der Waals surface area contributed by atoms with Gasteiger partial charge >= 0.3 is 0 Å². The second kappa shape index (κ2) is 6.14. The van der Waals surface area contributed by atoms with E-state index in [1.54, 1.807) is 24.3 Å². The van der Waals surface area contributed by atoms with Crippen molar-refractivity contribution in [3.05, 3.63) is 63.6 Å². The van der Waals surface area contributed by atoms with Crippen molar-refractivity contribution in [3.8, 4) is 0 Å². The lowest BCUT2D eigenvalue weighted by molar-refractivity contribution is 0.567. The van der Waals surface area contributed by atoms with E-state index in [9.17, 15) is 8.42 Å². The van der Waals surface area contributed by atoms with Gasteiger partial charge in [-0.05, 0) is 67.1 Å². The van der Waals surface area contributed by atoms with Crippen molar-refractivity contribution in [2.75, 3.05) is 0 Å². The van der Waals surface area contributed by atoms with Gasteiger partial charge in [0.25, 0.3) is 0 Å². The zero-order valence-electron chi connectivity index (χ0n) is 12.3. The fraction of sp³-hybridized carbons (Fsp3) is 0.294. The minimum atomic E-state index is -3.51. The summed E-state index contributed by atoms with van der Waals surface area (Å²) in [7, 11) is -3.51. The first-order valence-electron chi connectivity index (χ1n) is 7.35. The van der Waals surface area contributed by atoms with Crippen LogP contribution in [-0.4, -0.2) is 8.42 Å². The Morgan fingerprint density at radius 2 is 1.73 bits per heavy atom. The summed E-state index contributed by atoms with van der Waals surface area (Å²) in [5.74, 6) is 0. The van der Waals surface area contributed by atoms with Crippen LogP contribution < -0.4 is 4.72 Å². The maximum Gasteiger partial charge on any atom is 0.241 e. The molecule has 2 aromatic carbocycles. The summed E-state index contributed by atoms with van der Waals surface area (Å²) in [6.07, 6.45) is 3.42. The fourth-order valence-corrected chi connectivity index (χ4v) is 4.34. The molecule has 0 fully saturated rings. The van der Waals surface area contributed by atoms with E-state index in [0.29, 0.717) is 0 Å². The van der Waals surface area contributed by atoms with Crippen molar-refractivity contribution in [2.45, 2.75) is 37.1 Å². The third kappa shape index (κ3) is 3.26. The van der Waals surface area contributed by atoms with Crippen LogP contribution in [0.3, 0.4) is 0 Å². The Balaban J connectivity index is 1.81. The maximum absolute atomic E-state index is 12.4. The maximum atomic E-state index is 12.4. The molecule has 0 aliphatic heterocycles. The smallest absolute Gasteiger partial charge is 0.207 e. The van der Waals surface area contributed by atoms with Crippen molar-refractivity contribution >= 4 is 26.0 Å². The van der Waals surface area contributed by atoms with Gasteiger partial charge in [-0.3, -0.25) is 0 Å². The van der Waals surface area contributed by atoms with Gasteiger partial charge in [-0.2, -0.15) is 0 Å². The number of benzene rings is 2. The van der Waals surface area contributed by atoms with Crippen molar-refractivity contribution in [1.29, 1.82) is 0 Å². The van der Waals surface area contributed by atoms with Crippen LogP contribution in [0.15, 0.2) is 51.8 Å². The molecule has 2 aromatic rings. The Kier molecular flexibility index (Phi) is 4.39. The average molecular weight is 380 g/mol. The molecule has 1 aliphatic carbocycles. The molecule has 22 heavy (non-hydrogen) atoms. The highest BCUT2D eigenvalue weighted by Crippen LogP contribution is 2.26. The highest BCUT2D eigenvalue weighted by atomic mass is 79.9. The van der Waals surface area contributed by atoms with Crippen molar-refractivity contribution < 1.29 is 8.42 Å². The molecule has 1 aliphatic rings. The van der Waals surface area contributed by atoms with Crippen LogP contribution in [0.4, 0.5) is 0 Å². The minimum absolute atomic E-state index is 0.250. The molecule has 0 unspecified atom stereocenters. The van der Waals surface area contributed by atoms with E-state index in [1.165, 1.54) is 17.5 Å². The Morgan fingerprint density at radius 1 is 1.05 bits per heavy atom. The lowest BCUT2D eigenvalue weighted by Crippen LogP contribution is -2.27. The summed E-state index contributed by atoms with van der Waals surface area (Å²) >= 11 is 3.31. The topological polar surface area (TPSA) is 46.2 Å². The van der Waals surface area contributed by atoms with Gasteiger partial charge in [-0.1, -0.05) is 34.1 Å². The molecule has 0 heterocycles. The molecule has 3 rings (SSSR count). The molecule has 3 nitrogen and oxygen atoms in total. The van der Waals surface area contributed by atoms with Gasteiger partial charge in [0.15, 0.2) is 0 Å². The number of hydrogen-bond donors (Lipinski definition) is 1. The molecular formula is C17H18BrNO2S. The van der Waals surface area contributed by atoms with E-state index in [4.69, 9.17) is 0 Å². The normalized spacial score (nSPS) is 15.5. The van der Waals surface area contributed by atoms with Gasteiger partial charge in [0, 0.05) is 10.5 Å². The molecule has 0 saturated heterocycles. The standard InChI is InChI=1S/C17H18BrNO2S/c1-12(14-6-5-13-3-2-4-15(13)11-14)19-22(20,21)17-9-7-16(18)8-10-17/h5-12,19H,2-4H2,1H3/t12-/m1/s1. The van der Waals surface area contributed by atoms with Gasteiger partial charge in [0.2, 0.25) is 10.0 Å². The quantitative estimate of drug-likeness (QED) is 0.872. The second-order valence-electron chi connectivity index (χ2n) is 5.68. The average Bonchev–Trinajstić information content (AvgIpc) is 2.94. The van der Waals surface area contributed by atoms with Crippen LogP contribution >= 0.6 is 15.9 Å². The third-order valence-electron chi connectivity index (χ3n) is 4.08. The minimum Gasteiger partial charge on any atom is -0.207 e. The second-order valence-corrected chi connectivity index (χ2v) is 8.31. The fourth-order valence-electron chi connectivity index (χ4n) is 2.84. The van der Waals surface area contributed by atoms with Gasteiger partial charge < -0.3 is 0 Å². The number of halogens is 1. The Morgan fingerprint density at radius 3 is 2.45 bits per heavy atom. The predicted molar refractivity (Wildman–Crippen MR) is 91.3 cm³/mol. The first-order chi connectivity index (χ1) is 10.5. The largest absolute Gasteiger partial charge is 0.241 e. The van der Waals surface area contributed by atoms with Crippen LogP contribution in [0.1, 0.15) is 36.1 Å². The van der Waals surface area contributed by atoms with Gasteiger partial charge in [0.1, 0.15) is 0 Å². The molecule has 1 atom stereocenters. The Hall–Kier alpha value is -1.17. The lowest BCUT2D eigenvalue weighted by Gasteiger charge is -2.16. The van der Waals surface area contributed by atoms with Crippen LogP contribution in [0.25, 0.3) is 0 Å². The van der Waals surface area contributed by atoms with E-state index >= 15 is 0 Å². The molecule has 116 valence electrons. The SMILES string of the molecule is C[C@@H](NS(=O)(=O)c1ccc(Br)cc1)c1ccc2c(c1)CCC2. The van der Waals surface area contributed by atoms with Crippen LogP contribution in [0, 0.1) is 0 Å². The Labute approximate surface area is 139 Å². The molecule has 1 N–H and O–H groups in total. The van der Waals surface area contributed by atoms with Crippen molar-refractivity contribution in [2.24, 2.45) is 0 Å². The molecule has 0 saturated carbocycles. The zero-order chi connectivity index (χ0) is 15.7. The molecule has 5 heteroatoms. The number of fused-ring (bicyclic) bond motifs is 1. The van der Waals surface area contributed by atoms with E-state index < -0.39 is 10.0 Å². The Bertz CT molecular complexity index is 785. The lowest BCUT2D eigenvalue weighted by atomic mass is 10.0. The number of nitrogens with one attached hydrogen (secondary N) is 1. The van der Waals surface area contributed by atoms with Gasteiger partial charge in [-0.15, -0.1) is 0 Å². The highest BCUT2D eigenvalue weighted by molar-refractivity contribution is 9.10. The molecule has 0 bridgehead atoms. The number of aryl methyl sites for hydroxylation is 2. The zero-order valence-corrected chi connectivity index (χ0v) is 14.7. The van der Waals surface area contributed by atoms with Crippen molar-refractivity contribution in [3.63, 3.8) is 0 Å². The summed E-state index contributed by atoms with van der Waals surface area (Å²) in [6.45, 7) is 1.88. The number of sulfonamides is 1. The van der Waals surface area contributed by atoms with Crippen LogP contribution in [0.5, 0.6) is 0 Å². The first-order valence-corrected chi connectivity index (χ1v) is 9.63.